The van der Waals surface area contributed by atoms with Gasteiger partial charge in [0.25, 0.3) is 0 Å². The Labute approximate surface area is 203 Å². The summed E-state index contributed by atoms with van der Waals surface area (Å²) in [4.78, 5) is 19.4. The first kappa shape index (κ1) is 27.9. The average Bonchev–Trinajstić information content (AvgIpc) is 2.80. The molecule has 2 unspecified atom stereocenters. The Hall–Kier alpha value is -1.39. The van der Waals surface area contributed by atoms with E-state index in [0.717, 1.165) is 32.1 Å². The number of carbonyl (C=O) groups is 1. The predicted molar refractivity (Wildman–Crippen MR) is 139 cm³/mol. The molecule has 0 bridgehead atoms. The van der Waals surface area contributed by atoms with E-state index in [0.29, 0.717) is 6.42 Å². The Morgan fingerprint density at radius 2 is 1.61 bits per heavy atom. The van der Waals surface area contributed by atoms with Gasteiger partial charge in [-0.1, -0.05) is 89.6 Å². The minimum Gasteiger partial charge on any atom is -0.353 e. The molecule has 1 aromatic carbocycles. The fourth-order valence-electron chi connectivity index (χ4n) is 5.61. The van der Waals surface area contributed by atoms with Crippen molar-refractivity contribution in [2.24, 2.45) is 0 Å². The summed E-state index contributed by atoms with van der Waals surface area (Å²) < 4.78 is 0. The molecule has 0 spiro atoms. The molecule has 2 rings (SSSR count). The molecule has 4 heteroatoms. The van der Waals surface area contributed by atoms with E-state index in [9.17, 15) is 4.79 Å². The molecule has 1 N–H and O–H groups in total. The number of hydrogen-bond donors (Lipinski definition) is 1. The lowest BCUT2D eigenvalue weighted by atomic mass is 9.74. The summed E-state index contributed by atoms with van der Waals surface area (Å²) >= 11 is 0. The molecule has 0 aromatic heterocycles. The summed E-state index contributed by atoms with van der Waals surface area (Å²) in [5.41, 5.74) is 0.951. The summed E-state index contributed by atoms with van der Waals surface area (Å²) in [6, 6.07) is 10.6. The number of hydroxylamine groups is 2. The zero-order valence-corrected chi connectivity index (χ0v) is 22.3. The van der Waals surface area contributed by atoms with Crippen LogP contribution in [0.1, 0.15) is 130 Å². The molecule has 1 saturated heterocycles. The highest BCUT2D eigenvalue weighted by molar-refractivity contribution is 5.76. The van der Waals surface area contributed by atoms with Crippen molar-refractivity contribution >= 4 is 5.91 Å². The molecule has 0 aliphatic carbocycles. The topological polar surface area (TPSA) is 41.6 Å². The smallest absolute Gasteiger partial charge is 0.220 e. The lowest BCUT2D eigenvalue weighted by Gasteiger charge is -2.57. The number of unbranched alkanes of at least 4 members (excludes halogenated alkanes) is 6. The van der Waals surface area contributed by atoms with Gasteiger partial charge < -0.3 is 5.32 Å². The minimum absolute atomic E-state index is 0.00795. The van der Waals surface area contributed by atoms with Crippen LogP contribution in [0, 0.1) is 0 Å². The Balaban J connectivity index is 1.96. The van der Waals surface area contributed by atoms with Crippen LogP contribution < -0.4 is 5.32 Å². The van der Waals surface area contributed by atoms with Gasteiger partial charge in [0.05, 0.1) is 0 Å². The third kappa shape index (κ3) is 8.10. The van der Waals surface area contributed by atoms with Crippen molar-refractivity contribution in [3.8, 4) is 0 Å². The molecule has 33 heavy (non-hydrogen) atoms. The van der Waals surface area contributed by atoms with Crippen molar-refractivity contribution in [2.75, 3.05) is 0 Å². The number of nitrogens with zero attached hydrogens (tertiary/aromatic N) is 1. The van der Waals surface area contributed by atoms with Gasteiger partial charge >= 0.3 is 0 Å². The van der Waals surface area contributed by atoms with E-state index in [1.165, 1.54) is 44.1 Å². The monoisotopic (exact) mass is 458 g/mol. The zero-order chi connectivity index (χ0) is 24.3. The maximum absolute atomic E-state index is 12.7. The van der Waals surface area contributed by atoms with Crippen molar-refractivity contribution in [1.29, 1.82) is 0 Å². The van der Waals surface area contributed by atoms with Crippen molar-refractivity contribution in [2.45, 2.75) is 142 Å². The molecular formula is C29H50N2O2. The minimum atomic E-state index is -0.162. The first-order valence-corrected chi connectivity index (χ1v) is 13.6. The molecular weight excluding hydrogens is 408 g/mol. The molecule has 1 aromatic rings. The van der Waals surface area contributed by atoms with Gasteiger partial charge in [0.2, 0.25) is 5.91 Å². The van der Waals surface area contributed by atoms with Gasteiger partial charge in [0.15, 0.2) is 0 Å². The molecule has 0 radical (unpaired) electrons. The Morgan fingerprint density at radius 3 is 2.21 bits per heavy atom. The van der Waals surface area contributed by atoms with Crippen LogP contribution in [0.2, 0.25) is 0 Å². The lowest BCUT2D eigenvalue weighted by Crippen LogP contribution is -2.66. The van der Waals surface area contributed by atoms with E-state index < -0.39 is 0 Å². The Kier molecular flexibility index (Phi) is 11.4. The second-order valence-corrected chi connectivity index (χ2v) is 10.7. The molecule has 1 aliphatic rings. The first-order chi connectivity index (χ1) is 15.8. The SMILES string of the molecule is CCCCCCCCCC(=O)NC1CC(C)(C)N(OC(C)c2ccccc2)C(CC)(CC)C1. The van der Waals surface area contributed by atoms with E-state index >= 15 is 0 Å². The maximum atomic E-state index is 12.7. The van der Waals surface area contributed by atoms with E-state index in [-0.39, 0.29) is 29.1 Å². The number of carbonyl (C=O) groups excluding carboxylic acids is 1. The highest BCUT2D eigenvalue weighted by Crippen LogP contribution is 2.44. The van der Waals surface area contributed by atoms with E-state index in [2.05, 4.69) is 76.2 Å². The van der Waals surface area contributed by atoms with Crippen molar-refractivity contribution < 1.29 is 9.63 Å². The van der Waals surface area contributed by atoms with Crippen molar-refractivity contribution in [3.05, 3.63) is 35.9 Å². The summed E-state index contributed by atoms with van der Waals surface area (Å²) in [6.45, 7) is 13.4. The van der Waals surface area contributed by atoms with E-state index in [4.69, 9.17) is 4.84 Å². The van der Waals surface area contributed by atoms with Gasteiger partial charge in [-0.25, -0.2) is 0 Å². The van der Waals surface area contributed by atoms with Crippen LogP contribution in [0.3, 0.4) is 0 Å². The molecule has 1 fully saturated rings. The van der Waals surface area contributed by atoms with Gasteiger partial charge in [-0.2, -0.15) is 5.06 Å². The number of piperidine rings is 1. The normalized spacial score (nSPS) is 21.0. The third-order valence-corrected chi connectivity index (χ3v) is 7.57. The standard InChI is InChI=1S/C29H50N2O2/c1-7-10-11-12-13-14-18-21-27(32)30-26-22-28(5,6)31(29(8-2,9-3)23-26)33-24(4)25-19-16-15-17-20-25/h15-17,19-20,24,26H,7-14,18,21-23H2,1-6H3,(H,30,32). The van der Waals surface area contributed by atoms with Gasteiger partial charge in [-0.3, -0.25) is 9.63 Å². The van der Waals surface area contributed by atoms with Gasteiger partial charge in [0.1, 0.15) is 6.10 Å². The number of amides is 1. The molecule has 4 nitrogen and oxygen atoms in total. The van der Waals surface area contributed by atoms with E-state index in [1.54, 1.807) is 0 Å². The quantitative estimate of drug-likeness (QED) is 0.290. The van der Waals surface area contributed by atoms with Crippen LogP contribution in [0.4, 0.5) is 0 Å². The highest BCUT2D eigenvalue weighted by Gasteiger charge is 2.50. The largest absolute Gasteiger partial charge is 0.353 e. The average molecular weight is 459 g/mol. The molecule has 1 aliphatic heterocycles. The number of benzene rings is 1. The number of rotatable bonds is 14. The highest BCUT2D eigenvalue weighted by atomic mass is 16.7. The fourth-order valence-corrected chi connectivity index (χ4v) is 5.61. The van der Waals surface area contributed by atoms with Crippen LogP contribution in [0.15, 0.2) is 30.3 Å². The predicted octanol–water partition coefficient (Wildman–Crippen LogP) is 7.74. The van der Waals surface area contributed by atoms with E-state index in [1.807, 2.05) is 6.07 Å². The van der Waals surface area contributed by atoms with Crippen LogP contribution in [0.5, 0.6) is 0 Å². The first-order valence-electron chi connectivity index (χ1n) is 13.6. The molecule has 2 atom stereocenters. The molecule has 1 heterocycles. The number of nitrogens with one attached hydrogen (secondary N) is 1. The lowest BCUT2D eigenvalue weighted by molar-refractivity contribution is -0.316. The van der Waals surface area contributed by atoms with Crippen LogP contribution in [0.25, 0.3) is 0 Å². The Morgan fingerprint density at radius 1 is 1.00 bits per heavy atom. The summed E-state index contributed by atoms with van der Waals surface area (Å²) in [6.07, 6.45) is 13.2. The van der Waals surface area contributed by atoms with Gasteiger partial charge in [-0.05, 0) is 58.4 Å². The summed E-state index contributed by atoms with van der Waals surface area (Å²) in [7, 11) is 0. The van der Waals surface area contributed by atoms with Crippen LogP contribution >= 0.6 is 0 Å². The number of hydrogen-bond acceptors (Lipinski definition) is 3. The van der Waals surface area contributed by atoms with Gasteiger partial charge in [0, 0.05) is 23.5 Å². The van der Waals surface area contributed by atoms with Gasteiger partial charge in [-0.15, -0.1) is 0 Å². The van der Waals surface area contributed by atoms with Crippen molar-refractivity contribution in [1.82, 2.24) is 10.4 Å². The van der Waals surface area contributed by atoms with Crippen molar-refractivity contribution in [3.63, 3.8) is 0 Å². The van der Waals surface area contributed by atoms with Crippen LogP contribution in [-0.2, 0) is 9.63 Å². The molecule has 1 amide bonds. The fraction of sp³-hybridized carbons (Fsp3) is 0.759. The third-order valence-electron chi connectivity index (χ3n) is 7.57. The Bertz CT molecular complexity index is 684. The second-order valence-electron chi connectivity index (χ2n) is 10.7. The summed E-state index contributed by atoms with van der Waals surface area (Å²) in [5.74, 6) is 0.220. The molecule has 0 saturated carbocycles. The summed E-state index contributed by atoms with van der Waals surface area (Å²) in [5, 5.41) is 5.68. The van der Waals surface area contributed by atoms with Crippen LogP contribution in [-0.4, -0.2) is 28.1 Å². The zero-order valence-electron chi connectivity index (χ0n) is 22.3. The second kappa shape index (κ2) is 13.5. The molecule has 188 valence electrons. The maximum Gasteiger partial charge on any atom is 0.220 e.